The highest BCUT2D eigenvalue weighted by Crippen LogP contribution is 2.29. The number of amides is 1. The van der Waals surface area contributed by atoms with Crippen molar-refractivity contribution in [1.29, 1.82) is 0 Å². The van der Waals surface area contributed by atoms with E-state index in [2.05, 4.69) is 0 Å². The highest BCUT2D eigenvalue weighted by atomic mass is 16.5. The van der Waals surface area contributed by atoms with Crippen molar-refractivity contribution in [2.45, 2.75) is 13.1 Å². The van der Waals surface area contributed by atoms with Crippen LogP contribution >= 0.6 is 0 Å². The number of aliphatic hydroxyl groups excluding tert-OH is 1. The molecule has 1 aliphatic heterocycles. The van der Waals surface area contributed by atoms with Gasteiger partial charge in [0.2, 0.25) is 0 Å². The maximum Gasteiger partial charge on any atom is 0.254 e. The van der Waals surface area contributed by atoms with E-state index in [0.717, 1.165) is 22.6 Å². The smallest absolute Gasteiger partial charge is 0.254 e. The van der Waals surface area contributed by atoms with Crippen LogP contribution < -0.4 is 9.47 Å². The number of carbonyl (C=O) groups excluding carboxylic acids is 2. The summed E-state index contributed by atoms with van der Waals surface area (Å²) in [7, 11) is 0. The van der Waals surface area contributed by atoms with Crippen molar-refractivity contribution in [3.8, 4) is 17.2 Å². The molecular formula is C24H21NO5. The number of nitrogens with zero attached hydrogens (tertiary/aromatic N) is 1. The fourth-order valence-corrected chi connectivity index (χ4v) is 3.28. The molecule has 0 unspecified atom stereocenters. The van der Waals surface area contributed by atoms with Crippen LogP contribution in [0.5, 0.6) is 17.2 Å². The number of carbonyl (C=O) groups is 2. The van der Waals surface area contributed by atoms with Gasteiger partial charge in [-0.25, -0.2) is 0 Å². The zero-order valence-electron chi connectivity index (χ0n) is 16.3. The predicted octanol–water partition coefficient (Wildman–Crippen LogP) is 3.58. The molecular weight excluding hydrogens is 382 g/mol. The summed E-state index contributed by atoms with van der Waals surface area (Å²) < 4.78 is 11.2. The zero-order chi connectivity index (χ0) is 20.9. The molecule has 0 saturated heterocycles. The molecule has 1 aliphatic rings. The molecule has 1 N–H and O–H groups in total. The standard InChI is InChI=1S/C24H21NO5/c26-15-19(27)16-29-22-11-8-18-14-25(24(28)23(18)12-22)13-17-6-9-21(10-7-17)30-20-4-2-1-3-5-20/h1-12,26H,13-16H2. The molecule has 0 aromatic heterocycles. The molecule has 4 rings (SSSR count). The van der Waals surface area contributed by atoms with Gasteiger partial charge in [0.25, 0.3) is 5.91 Å². The van der Waals surface area contributed by atoms with Crippen LogP contribution in [0.1, 0.15) is 21.5 Å². The van der Waals surface area contributed by atoms with Crippen LogP contribution in [0.15, 0.2) is 72.8 Å². The number of ether oxygens (including phenoxy) is 2. The van der Waals surface area contributed by atoms with Gasteiger partial charge < -0.3 is 19.5 Å². The van der Waals surface area contributed by atoms with Gasteiger partial charge in [0.05, 0.1) is 0 Å². The summed E-state index contributed by atoms with van der Waals surface area (Å²) in [6.45, 7) is 0.224. The number of hydrogen-bond acceptors (Lipinski definition) is 5. The highest BCUT2D eigenvalue weighted by Gasteiger charge is 2.27. The van der Waals surface area contributed by atoms with Crippen molar-refractivity contribution in [3.63, 3.8) is 0 Å². The average molecular weight is 403 g/mol. The first-order valence-electron chi connectivity index (χ1n) is 9.62. The second-order valence-electron chi connectivity index (χ2n) is 7.02. The zero-order valence-corrected chi connectivity index (χ0v) is 16.3. The van der Waals surface area contributed by atoms with Crippen molar-refractivity contribution in [1.82, 2.24) is 4.90 Å². The first-order chi connectivity index (χ1) is 14.6. The summed E-state index contributed by atoms with van der Waals surface area (Å²) in [5, 5.41) is 8.78. The van der Waals surface area contributed by atoms with Gasteiger partial charge in [0, 0.05) is 18.7 Å². The number of aliphatic hydroxyl groups is 1. The molecule has 1 amide bonds. The van der Waals surface area contributed by atoms with Gasteiger partial charge in [-0.1, -0.05) is 36.4 Å². The van der Waals surface area contributed by atoms with Gasteiger partial charge in [0.15, 0.2) is 5.78 Å². The number of para-hydroxylation sites is 1. The van der Waals surface area contributed by atoms with Crippen molar-refractivity contribution in [2.75, 3.05) is 13.2 Å². The van der Waals surface area contributed by atoms with Crippen molar-refractivity contribution in [2.24, 2.45) is 0 Å². The summed E-state index contributed by atoms with van der Waals surface area (Å²) in [5.74, 6) is 1.46. The van der Waals surface area contributed by atoms with Crippen LogP contribution in [0, 0.1) is 0 Å². The Morgan fingerprint density at radius 1 is 0.933 bits per heavy atom. The summed E-state index contributed by atoms with van der Waals surface area (Å²) in [4.78, 5) is 25.8. The quantitative estimate of drug-likeness (QED) is 0.622. The van der Waals surface area contributed by atoms with Gasteiger partial charge in [0.1, 0.15) is 30.5 Å². The van der Waals surface area contributed by atoms with Gasteiger partial charge in [-0.2, -0.15) is 0 Å². The molecule has 152 valence electrons. The van der Waals surface area contributed by atoms with Crippen molar-refractivity contribution >= 4 is 11.7 Å². The first kappa shape index (κ1) is 19.7. The predicted molar refractivity (Wildman–Crippen MR) is 111 cm³/mol. The minimum atomic E-state index is -0.563. The molecule has 3 aromatic rings. The molecule has 6 nitrogen and oxygen atoms in total. The van der Waals surface area contributed by atoms with Crippen molar-refractivity contribution < 1.29 is 24.2 Å². The maximum atomic E-state index is 12.8. The Kier molecular flexibility index (Phi) is 5.77. The van der Waals surface area contributed by atoms with E-state index in [1.165, 1.54) is 0 Å². The lowest BCUT2D eigenvalue weighted by atomic mass is 10.1. The second-order valence-corrected chi connectivity index (χ2v) is 7.02. The Morgan fingerprint density at radius 3 is 2.37 bits per heavy atom. The van der Waals surface area contributed by atoms with Crippen LogP contribution in [0.25, 0.3) is 0 Å². The second kappa shape index (κ2) is 8.80. The fraction of sp³-hybridized carbons (Fsp3) is 0.167. The van der Waals surface area contributed by atoms with E-state index in [9.17, 15) is 9.59 Å². The number of rotatable bonds is 8. The van der Waals surface area contributed by atoms with Crippen molar-refractivity contribution in [3.05, 3.63) is 89.5 Å². The van der Waals surface area contributed by atoms with Crippen LogP contribution in [0.3, 0.4) is 0 Å². The number of ketones is 1. The molecule has 0 saturated carbocycles. The molecule has 6 heteroatoms. The molecule has 30 heavy (non-hydrogen) atoms. The third-order valence-electron chi connectivity index (χ3n) is 4.81. The number of fused-ring (bicyclic) bond motifs is 1. The third-order valence-corrected chi connectivity index (χ3v) is 4.81. The Balaban J connectivity index is 1.39. The molecule has 0 aliphatic carbocycles. The van der Waals surface area contributed by atoms with E-state index in [4.69, 9.17) is 14.6 Å². The summed E-state index contributed by atoms with van der Waals surface area (Å²) in [6, 6.07) is 22.5. The van der Waals surface area contributed by atoms with Crippen LogP contribution in [0.4, 0.5) is 0 Å². The average Bonchev–Trinajstić information content (AvgIpc) is 3.09. The summed E-state index contributed by atoms with van der Waals surface area (Å²) in [6.07, 6.45) is 0. The lowest BCUT2D eigenvalue weighted by Crippen LogP contribution is -2.23. The fourth-order valence-electron chi connectivity index (χ4n) is 3.28. The van der Waals surface area contributed by atoms with E-state index in [1.807, 2.05) is 60.7 Å². The monoisotopic (exact) mass is 403 g/mol. The Hall–Kier alpha value is -3.64. The van der Waals surface area contributed by atoms with E-state index in [0.29, 0.717) is 24.4 Å². The normalized spacial score (nSPS) is 12.6. The number of benzene rings is 3. The largest absolute Gasteiger partial charge is 0.486 e. The minimum Gasteiger partial charge on any atom is -0.486 e. The molecule has 3 aromatic carbocycles. The van der Waals surface area contributed by atoms with Gasteiger partial charge >= 0.3 is 0 Å². The maximum absolute atomic E-state index is 12.8. The third kappa shape index (κ3) is 4.50. The molecule has 1 heterocycles. The molecule has 0 atom stereocenters. The lowest BCUT2D eigenvalue weighted by Gasteiger charge is -2.16. The van der Waals surface area contributed by atoms with E-state index < -0.39 is 12.4 Å². The molecule has 0 radical (unpaired) electrons. The highest BCUT2D eigenvalue weighted by molar-refractivity contribution is 5.98. The van der Waals surface area contributed by atoms with Gasteiger partial charge in [-0.15, -0.1) is 0 Å². The number of Topliss-reactive ketones (excluding diaryl/α,β-unsaturated/α-hetero) is 1. The van der Waals surface area contributed by atoms with Gasteiger partial charge in [-0.3, -0.25) is 9.59 Å². The topological polar surface area (TPSA) is 76.1 Å². The Bertz CT molecular complexity index is 1050. The minimum absolute atomic E-state index is 0.0754. The van der Waals surface area contributed by atoms with Crippen LogP contribution in [0.2, 0.25) is 0 Å². The summed E-state index contributed by atoms with van der Waals surface area (Å²) >= 11 is 0. The van der Waals surface area contributed by atoms with E-state index in [1.54, 1.807) is 17.0 Å². The Labute approximate surface area is 174 Å². The SMILES string of the molecule is O=C(CO)COc1ccc2c(c1)C(=O)N(Cc1ccc(Oc3ccccc3)cc1)C2. The summed E-state index contributed by atoms with van der Waals surface area (Å²) in [5.41, 5.74) is 2.50. The molecule has 0 spiro atoms. The molecule has 0 fully saturated rings. The van der Waals surface area contributed by atoms with Crippen LogP contribution in [-0.2, 0) is 17.9 Å². The van der Waals surface area contributed by atoms with Crippen LogP contribution in [-0.4, -0.2) is 34.9 Å². The molecule has 0 bridgehead atoms. The Morgan fingerprint density at radius 2 is 1.63 bits per heavy atom. The van der Waals surface area contributed by atoms with E-state index >= 15 is 0 Å². The number of hydrogen-bond donors (Lipinski definition) is 1. The lowest BCUT2D eigenvalue weighted by molar-refractivity contribution is -0.123. The first-order valence-corrected chi connectivity index (χ1v) is 9.62. The van der Waals surface area contributed by atoms with E-state index in [-0.39, 0.29) is 12.5 Å². The van der Waals surface area contributed by atoms with Gasteiger partial charge in [-0.05, 0) is 47.5 Å².